The Bertz CT molecular complexity index is 943. The third-order valence-corrected chi connectivity index (χ3v) is 6.36. The normalized spacial score (nSPS) is 18.6. The summed E-state index contributed by atoms with van der Waals surface area (Å²) < 4.78 is 55.5. The van der Waals surface area contributed by atoms with Gasteiger partial charge in [-0.15, -0.1) is 0 Å². The molecule has 27 heavy (non-hydrogen) atoms. The van der Waals surface area contributed by atoms with Crippen molar-refractivity contribution >= 4 is 15.7 Å². The fraction of sp³-hybridized carbons (Fsp3) is 0.444. The van der Waals surface area contributed by atoms with E-state index in [9.17, 15) is 22.0 Å². The molecule has 0 saturated carbocycles. The van der Waals surface area contributed by atoms with Crippen LogP contribution in [0.4, 0.5) is 8.78 Å². The average Bonchev–Trinajstić information content (AvgIpc) is 3.20. The van der Waals surface area contributed by atoms with Gasteiger partial charge in [0.05, 0.1) is 23.3 Å². The molecule has 3 rings (SSSR count). The van der Waals surface area contributed by atoms with E-state index >= 15 is 0 Å². The summed E-state index contributed by atoms with van der Waals surface area (Å²) in [6, 6.07) is 2.86. The van der Waals surface area contributed by atoms with Gasteiger partial charge in [0.25, 0.3) is 0 Å². The molecule has 1 saturated heterocycles. The van der Waals surface area contributed by atoms with Crippen LogP contribution >= 0.6 is 0 Å². The number of halogens is 2. The van der Waals surface area contributed by atoms with Crippen LogP contribution in [0.5, 0.6) is 0 Å². The lowest BCUT2D eigenvalue weighted by Crippen LogP contribution is -2.41. The van der Waals surface area contributed by atoms with Crippen LogP contribution in [0.3, 0.4) is 0 Å². The SMILES string of the molecule is CCN(C(=O)CCc1ncc(-c2ccc(F)cc2F)o1)C1CCS(=O)(=O)C1. The van der Waals surface area contributed by atoms with Crippen LogP contribution in [0.1, 0.15) is 25.7 Å². The zero-order valence-electron chi connectivity index (χ0n) is 14.8. The second-order valence-electron chi connectivity index (χ2n) is 6.48. The number of hydrogen-bond donors (Lipinski definition) is 0. The molecule has 0 radical (unpaired) electrons. The lowest BCUT2D eigenvalue weighted by Gasteiger charge is -2.26. The molecule has 1 amide bonds. The third-order valence-electron chi connectivity index (χ3n) is 4.61. The van der Waals surface area contributed by atoms with E-state index in [0.29, 0.717) is 13.0 Å². The van der Waals surface area contributed by atoms with Gasteiger partial charge in [0, 0.05) is 31.5 Å². The molecule has 1 fully saturated rings. The molecule has 1 unspecified atom stereocenters. The van der Waals surface area contributed by atoms with Crippen LogP contribution in [0.15, 0.2) is 28.8 Å². The van der Waals surface area contributed by atoms with Crippen LogP contribution in [0, 0.1) is 11.6 Å². The van der Waals surface area contributed by atoms with Gasteiger partial charge in [0.2, 0.25) is 5.91 Å². The molecule has 6 nitrogen and oxygen atoms in total. The Balaban J connectivity index is 1.63. The number of carbonyl (C=O) groups is 1. The van der Waals surface area contributed by atoms with E-state index in [0.717, 1.165) is 12.1 Å². The Morgan fingerprint density at radius 3 is 2.78 bits per heavy atom. The first-order valence-electron chi connectivity index (χ1n) is 8.69. The molecule has 0 aliphatic carbocycles. The standard InChI is InChI=1S/C18H20F2N2O4S/c1-2-22(13-7-8-27(24,25)11-13)18(23)6-5-17-21-10-16(26-17)14-4-3-12(19)9-15(14)20/h3-4,9-10,13H,2,5-8,11H2,1H3. The molecule has 1 aliphatic heterocycles. The second-order valence-corrected chi connectivity index (χ2v) is 8.71. The number of benzene rings is 1. The largest absolute Gasteiger partial charge is 0.441 e. The van der Waals surface area contributed by atoms with Gasteiger partial charge >= 0.3 is 0 Å². The Hall–Kier alpha value is -2.29. The minimum absolute atomic E-state index is 0.000423. The van der Waals surface area contributed by atoms with Crippen molar-refractivity contribution in [2.75, 3.05) is 18.1 Å². The molecule has 0 bridgehead atoms. The number of nitrogens with zero attached hydrogens (tertiary/aromatic N) is 2. The summed E-state index contributed by atoms with van der Waals surface area (Å²) in [7, 11) is -3.07. The number of amides is 1. The van der Waals surface area contributed by atoms with Crippen LogP contribution in [-0.4, -0.2) is 48.3 Å². The number of carbonyl (C=O) groups excluding carboxylic acids is 1. The van der Waals surface area contributed by atoms with Crippen LogP contribution < -0.4 is 0 Å². The van der Waals surface area contributed by atoms with Crippen molar-refractivity contribution in [3.63, 3.8) is 0 Å². The molecule has 1 atom stereocenters. The summed E-state index contributed by atoms with van der Waals surface area (Å²) in [5.41, 5.74) is 0.0906. The van der Waals surface area contributed by atoms with Gasteiger partial charge in [-0.3, -0.25) is 4.79 Å². The molecule has 9 heteroatoms. The summed E-state index contributed by atoms with van der Waals surface area (Å²) in [6.45, 7) is 2.24. The maximum Gasteiger partial charge on any atom is 0.223 e. The summed E-state index contributed by atoms with van der Waals surface area (Å²) >= 11 is 0. The van der Waals surface area contributed by atoms with E-state index in [2.05, 4.69) is 4.98 Å². The highest BCUT2D eigenvalue weighted by Gasteiger charge is 2.33. The molecule has 1 aromatic heterocycles. The topological polar surface area (TPSA) is 80.5 Å². The highest BCUT2D eigenvalue weighted by Crippen LogP contribution is 2.25. The zero-order valence-corrected chi connectivity index (χ0v) is 15.6. The van der Waals surface area contributed by atoms with E-state index in [1.165, 1.54) is 12.3 Å². The van der Waals surface area contributed by atoms with Crippen molar-refractivity contribution in [3.8, 4) is 11.3 Å². The quantitative estimate of drug-likeness (QED) is 0.747. The zero-order chi connectivity index (χ0) is 19.6. The van der Waals surface area contributed by atoms with Gasteiger partial charge < -0.3 is 9.32 Å². The summed E-state index contributed by atoms with van der Waals surface area (Å²) in [5, 5.41) is 0. The molecule has 146 valence electrons. The summed E-state index contributed by atoms with van der Waals surface area (Å²) in [4.78, 5) is 18.1. The minimum Gasteiger partial charge on any atom is -0.441 e. The highest BCUT2D eigenvalue weighted by atomic mass is 32.2. The summed E-state index contributed by atoms with van der Waals surface area (Å²) in [5.74, 6) is -1.09. The van der Waals surface area contributed by atoms with Gasteiger partial charge in [-0.1, -0.05) is 0 Å². The number of oxazole rings is 1. The van der Waals surface area contributed by atoms with Crippen molar-refractivity contribution in [2.24, 2.45) is 0 Å². The lowest BCUT2D eigenvalue weighted by atomic mass is 10.2. The Morgan fingerprint density at radius 1 is 1.37 bits per heavy atom. The van der Waals surface area contributed by atoms with E-state index in [1.807, 2.05) is 6.92 Å². The molecule has 2 aromatic rings. The van der Waals surface area contributed by atoms with Crippen LogP contribution in [0.25, 0.3) is 11.3 Å². The maximum absolute atomic E-state index is 13.8. The predicted molar refractivity (Wildman–Crippen MR) is 94.6 cm³/mol. The first kappa shape index (κ1) is 19.5. The molecule has 1 aromatic carbocycles. The van der Waals surface area contributed by atoms with E-state index in [-0.39, 0.29) is 53.5 Å². The van der Waals surface area contributed by atoms with Crippen LogP contribution in [0.2, 0.25) is 0 Å². The van der Waals surface area contributed by atoms with Crippen molar-refractivity contribution in [1.29, 1.82) is 0 Å². The van der Waals surface area contributed by atoms with Gasteiger partial charge in [-0.05, 0) is 25.5 Å². The lowest BCUT2D eigenvalue weighted by molar-refractivity contribution is -0.132. The number of rotatable bonds is 6. The first-order chi connectivity index (χ1) is 12.8. The molecular formula is C18H20F2N2O4S. The number of sulfone groups is 1. The van der Waals surface area contributed by atoms with E-state index in [4.69, 9.17) is 4.42 Å². The van der Waals surface area contributed by atoms with Gasteiger partial charge in [-0.2, -0.15) is 0 Å². The summed E-state index contributed by atoms with van der Waals surface area (Å²) in [6.07, 6.45) is 2.10. The minimum atomic E-state index is -3.07. The maximum atomic E-state index is 13.8. The Labute approximate surface area is 156 Å². The predicted octanol–water partition coefficient (Wildman–Crippen LogP) is 2.59. The molecular weight excluding hydrogens is 378 g/mol. The fourth-order valence-corrected chi connectivity index (χ4v) is 4.99. The van der Waals surface area contributed by atoms with Crippen molar-refractivity contribution < 1.29 is 26.4 Å². The molecule has 0 spiro atoms. The Morgan fingerprint density at radius 2 is 2.15 bits per heavy atom. The Kier molecular flexibility index (Phi) is 5.59. The van der Waals surface area contributed by atoms with Crippen molar-refractivity contribution in [3.05, 3.63) is 41.9 Å². The number of hydrogen-bond acceptors (Lipinski definition) is 5. The van der Waals surface area contributed by atoms with Gasteiger partial charge in [-0.25, -0.2) is 22.2 Å². The highest BCUT2D eigenvalue weighted by molar-refractivity contribution is 7.91. The number of aromatic nitrogens is 1. The van der Waals surface area contributed by atoms with E-state index in [1.54, 1.807) is 4.90 Å². The number of aryl methyl sites for hydroxylation is 1. The van der Waals surface area contributed by atoms with Gasteiger partial charge in [0.1, 0.15) is 11.6 Å². The first-order valence-corrected chi connectivity index (χ1v) is 10.5. The second kappa shape index (κ2) is 7.75. The van der Waals surface area contributed by atoms with E-state index < -0.39 is 21.5 Å². The van der Waals surface area contributed by atoms with Crippen LogP contribution in [-0.2, 0) is 21.1 Å². The third kappa shape index (κ3) is 4.52. The smallest absolute Gasteiger partial charge is 0.223 e. The van der Waals surface area contributed by atoms with Crippen molar-refractivity contribution in [2.45, 2.75) is 32.2 Å². The molecule has 1 aliphatic rings. The van der Waals surface area contributed by atoms with Gasteiger partial charge in [0.15, 0.2) is 21.5 Å². The average molecular weight is 398 g/mol. The molecule has 0 N–H and O–H groups in total. The monoisotopic (exact) mass is 398 g/mol. The fourth-order valence-electron chi connectivity index (χ4n) is 3.26. The van der Waals surface area contributed by atoms with Crippen molar-refractivity contribution in [1.82, 2.24) is 9.88 Å². The molecule has 2 heterocycles.